The van der Waals surface area contributed by atoms with Crippen molar-refractivity contribution in [1.29, 1.82) is 0 Å². The molecule has 2 heterocycles. The van der Waals surface area contributed by atoms with Crippen LogP contribution < -0.4 is 10.9 Å². The number of nitrogens with one attached hydrogen (secondary N) is 3. The smallest absolute Gasteiger partial charge is 0.268 e. The average molecular weight is 386 g/mol. The van der Waals surface area contributed by atoms with E-state index in [-0.39, 0.29) is 5.16 Å². The minimum Gasteiger partial charge on any atom is -0.493 e. The van der Waals surface area contributed by atoms with Gasteiger partial charge in [0.25, 0.3) is 11.5 Å². The Hall–Kier alpha value is -3.14. The largest absolute Gasteiger partial charge is 0.493 e. The van der Waals surface area contributed by atoms with E-state index >= 15 is 0 Å². The number of anilines is 1. The standard InChI is InChI=1S/C17H18N6O3S/c1-9(2)8-27-17-20-15(25)13(16(26)21-17)14(24)19-11-5-3-10(4-6-11)12-7-18-23-22-12/h3-7,9H,8H2,1-2H3,(H,19,24)(H,18,22,23)(H2,20,21,25,26). The van der Waals surface area contributed by atoms with E-state index in [1.54, 1.807) is 30.5 Å². The fraction of sp³-hybridized carbons (Fsp3) is 0.235. The van der Waals surface area contributed by atoms with Crippen molar-refractivity contribution < 1.29 is 9.90 Å². The van der Waals surface area contributed by atoms with Gasteiger partial charge in [0, 0.05) is 23.2 Å². The number of carbonyl (C=O) groups excluding carboxylic acids is 1. The number of thioether (sulfide) groups is 1. The lowest BCUT2D eigenvalue weighted by Gasteiger charge is -2.08. The SMILES string of the molecule is CC(C)CSc1nc(O)c(C(=O)Nc2ccc(-c3c[nH]nn3)cc2)c(=O)[nH]1. The molecule has 9 nitrogen and oxygen atoms in total. The Labute approximate surface area is 158 Å². The quantitative estimate of drug-likeness (QED) is 0.377. The normalized spacial score (nSPS) is 10.9. The monoisotopic (exact) mass is 386 g/mol. The van der Waals surface area contributed by atoms with E-state index in [2.05, 4.69) is 30.7 Å². The van der Waals surface area contributed by atoms with Crippen LogP contribution in [0.3, 0.4) is 0 Å². The molecule has 3 rings (SSSR count). The number of carbonyl (C=O) groups is 1. The topological polar surface area (TPSA) is 137 Å². The van der Waals surface area contributed by atoms with Crippen LogP contribution in [-0.4, -0.2) is 42.1 Å². The highest BCUT2D eigenvalue weighted by atomic mass is 32.2. The fourth-order valence-corrected chi connectivity index (χ4v) is 3.03. The Morgan fingerprint density at radius 2 is 2.04 bits per heavy atom. The van der Waals surface area contributed by atoms with Gasteiger partial charge < -0.3 is 15.4 Å². The summed E-state index contributed by atoms with van der Waals surface area (Å²) in [5.74, 6) is -0.214. The summed E-state index contributed by atoms with van der Waals surface area (Å²) < 4.78 is 0. The van der Waals surface area contributed by atoms with Crippen molar-refractivity contribution in [3.05, 3.63) is 46.4 Å². The first-order chi connectivity index (χ1) is 12.9. The van der Waals surface area contributed by atoms with Gasteiger partial charge in [-0.3, -0.25) is 14.7 Å². The second-order valence-corrected chi connectivity index (χ2v) is 7.17. The summed E-state index contributed by atoms with van der Waals surface area (Å²) >= 11 is 1.31. The molecular weight excluding hydrogens is 368 g/mol. The number of aromatic hydroxyl groups is 1. The van der Waals surface area contributed by atoms with Crippen molar-refractivity contribution in [3.8, 4) is 17.1 Å². The lowest BCUT2D eigenvalue weighted by Crippen LogP contribution is -2.24. The zero-order valence-corrected chi connectivity index (χ0v) is 15.5. The summed E-state index contributed by atoms with van der Waals surface area (Å²) in [5.41, 5.74) is 0.829. The predicted molar refractivity (Wildman–Crippen MR) is 102 cm³/mol. The molecule has 0 aliphatic rings. The van der Waals surface area contributed by atoms with Gasteiger partial charge in [-0.2, -0.15) is 4.98 Å². The Kier molecular flexibility index (Phi) is 5.55. The maximum Gasteiger partial charge on any atom is 0.268 e. The molecule has 0 radical (unpaired) electrons. The highest BCUT2D eigenvalue weighted by molar-refractivity contribution is 7.99. The molecule has 2 aromatic heterocycles. The highest BCUT2D eigenvalue weighted by Crippen LogP contribution is 2.21. The maximum absolute atomic E-state index is 12.4. The molecular formula is C17H18N6O3S. The summed E-state index contributed by atoms with van der Waals surface area (Å²) in [6.07, 6.45) is 1.65. The van der Waals surface area contributed by atoms with Gasteiger partial charge in [0.2, 0.25) is 5.88 Å². The number of amides is 1. The summed E-state index contributed by atoms with van der Waals surface area (Å²) in [4.78, 5) is 31.0. The number of rotatable bonds is 6. The third-order valence-electron chi connectivity index (χ3n) is 3.51. The van der Waals surface area contributed by atoms with Gasteiger partial charge in [0.05, 0.1) is 0 Å². The lowest BCUT2D eigenvalue weighted by molar-refractivity contribution is 0.102. The molecule has 0 atom stereocenters. The number of hydrogen-bond acceptors (Lipinski definition) is 7. The number of nitrogens with zero attached hydrogens (tertiary/aromatic N) is 3. The molecule has 10 heteroatoms. The first kappa shape index (κ1) is 18.6. The zero-order chi connectivity index (χ0) is 19.4. The van der Waals surface area contributed by atoms with Gasteiger partial charge in [-0.25, -0.2) is 0 Å². The highest BCUT2D eigenvalue weighted by Gasteiger charge is 2.19. The van der Waals surface area contributed by atoms with Crippen LogP contribution in [0, 0.1) is 5.92 Å². The van der Waals surface area contributed by atoms with Crippen molar-refractivity contribution in [3.63, 3.8) is 0 Å². The van der Waals surface area contributed by atoms with Crippen LogP contribution >= 0.6 is 11.8 Å². The molecule has 0 saturated carbocycles. The van der Waals surface area contributed by atoms with Crippen LogP contribution in [0.4, 0.5) is 5.69 Å². The molecule has 0 saturated heterocycles. The molecule has 0 spiro atoms. The molecule has 140 valence electrons. The number of aromatic amines is 2. The Bertz CT molecular complexity index is 983. The zero-order valence-electron chi connectivity index (χ0n) is 14.7. The first-order valence-electron chi connectivity index (χ1n) is 8.18. The van der Waals surface area contributed by atoms with Crippen LogP contribution in [0.5, 0.6) is 5.88 Å². The van der Waals surface area contributed by atoms with Crippen LogP contribution in [0.2, 0.25) is 0 Å². The molecule has 0 fully saturated rings. The van der Waals surface area contributed by atoms with Crippen LogP contribution in [0.15, 0.2) is 40.4 Å². The fourth-order valence-electron chi connectivity index (χ4n) is 2.22. The van der Waals surface area contributed by atoms with Gasteiger partial charge in [0.15, 0.2) is 10.7 Å². The first-order valence-corrected chi connectivity index (χ1v) is 9.17. The Balaban J connectivity index is 1.75. The third-order valence-corrected chi connectivity index (χ3v) is 4.81. The van der Waals surface area contributed by atoms with Gasteiger partial charge in [-0.05, 0) is 18.1 Å². The van der Waals surface area contributed by atoms with Crippen LogP contribution in [0.1, 0.15) is 24.2 Å². The molecule has 1 aromatic carbocycles. The number of benzene rings is 1. The van der Waals surface area contributed by atoms with E-state index in [9.17, 15) is 14.7 Å². The minimum atomic E-state index is -0.740. The van der Waals surface area contributed by atoms with Crippen molar-refractivity contribution in [1.82, 2.24) is 25.4 Å². The van der Waals surface area contributed by atoms with Crippen molar-refractivity contribution in [2.45, 2.75) is 19.0 Å². The lowest BCUT2D eigenvalue weighted by atomic mass is 10.1. The van der Waals surface area contributed by atoms with Crippen LogP contribution in [0.25, 0.3) is 11.3 Å². The summed E-state index contributed by atoms with van der Waals surface area (Å²) in [5, 5.41) is 23.0. The van der Waals surface area contributed by atoms with Crippen molar-refractivity contribution in [2.75, 3.05) is 11.1 Å². The van der Waals surface area contributed by atoms with Gasteiger partial charge in [-0.1, -0.05) is 43.0 Å². The molecule has 1 amide bonds. The van der Waals surface area contributed by atoms with E-state index in [0.29, 0.717) is 17.3 Å². The Morgan fingerprint density at radius 3 is 2.63 bits per heavy atom. The van der Waals surface area contributed by atoms with Gasteiger partial charge in [0.1, 0.15) is 5.69 Å². The maximum atomic E-state index is 12.4. The molecule has 0 bridgehead atoms. The van der Waals surface area contributed by atoms with Crippen LogP contribution in [-0.2, 0) is 0 Å². The van der Waals surface area contributed by atoms with E-state index < -0.39 is 22.9 Å². The molecule has 27 heavy (non-hydrogen) atoms. The Morgan fingerprint density at radius 1 is 1.30 bits per heavy atom. The third kappa shape index (κ3) is 4.53. The van der Waals surface area contributed by atoms with Crippen molar-refractivity contribution >= 4 is 23.4 Å². The van der Waals surface area contributed by atoms with E-state index in [4.69, 9.17) is 0 Å². The predicted octanol–water partition coefficient (Wildman–Crippen LogP) is 2.26. The van der Waals surface area contributed by atoms with E-state index in [1.807, 2.05) is 13.8 Å². The van der Waals surface area contributed by atoms with E-state index in [1.165, 1.54) is 11.8 Å². The summed E-state index contributed by atoms with van der Waals surface area (Å²) in [6.45, 7) is 4.06. The minimum absolute atomic E-state index is 0.278. The second kappa shape index (κ2) is 8.04. The number of aromatic nitrogens is 5. The number of hydrogen-bond donors (Lipinski definition) is 4. The second-order valence-electron chi connectivity index (χ2n) is 6.16. The molecule has 0 aliphatic heterocycles. The van der Waals surface area contributed by atoms with Crippen molar-refractivity contribution in [2.24, 2.45) is 5.92 Å². The van der Waals surface area contributed by atoms with E-state index in [0.717, 1.165) is 11.3 Å². The van der Waals surface area contributed by atoms with Gasteiger partial charge >= 0.3 is 0 Å². The summed E-state index contributed by atoms with van der Waals surface area (Å²) in [6, 6.07) is 6.82. The molecule has 4 N–H and O–H groups in total. The molecule has 0 unspecified atom stereocenters. The average Bonchev–Trinajstić information content (AvgIpc) is 3.14. The molecule has 3 aromatic rings. The molecule has 0 aliphatic carbocycles. The summed E-state index contributed by atoms with van der Waals surface area (Å²) in [7, 11) is 0. The number of H-pyrrole nitrogens is 2. The van der Waals surface area contributed by atoms with Gasteiger partial charge in [-0.15, -0.1) is 5.10 Å².